The lowest BCUT2D eigenvalue weighted by Gasteiger charge is -2.22. The van der Waals surface area contributed by atoms with Gasteiger partial charge in [-0.25, -0.2) is 18.3 Å². The van der Waals surface area contributed by atoms with Crippen molar-refractivity contribution in [2.75, 3.05) is 19.5 Å². The number of amides is 1. The number of halogens is 2. The van der Waals surface area contributed by atoms with Gasteiger partial charge >= 0.3 is 0 Å². The minimum Gasteiger partial charge on any atom is -0.479 e. The summed E-state index contributed by atoms with van der Waals surface area (Å²) in [5.41, 5.74) is 0.596. The minimum atomic E-state index is -0.697. The van der Waals surface area contributed by atoms with Gasteiger partial charge in [0.2, 0.25) is 11.8 Å². The van der Waals surface area contributed by atoms with Gasteiger partial charge in [-0.2, -0.15) is 4.98 Å². The Morgan fingerprint density at radius 1 is 1.18 bits per heavy atom. The van der Waals surface area contributed by atoms with E-state index in [1.54, 1.807) is 0 Å². The zero-order valence-electron chi connectivity index (χ0n) is 18.2. The van der Waals surface area contributed by atoms with E-state index in [0.29, 0.717) is 5.95 Å². The Morgan fingerprint density at radius 2 is 1.97 bits per heavy atom. The SMILES string of the molecule is CNC(=O)c1cnc2c(F)cc(-c3c(F)cn4nc(NC5CCCCC5)nc(OC)c34)cn12. The summed E-state index contributed by atoms with van der Waals surface area (Å²) in [7, 11) is 2.90. The fourth-order valence-corrected chi connectivity index (χ4v) is 4.41. The smallest absolute Gasteiger partial charge is 0.269 e. The second-order valence-corrected chi connectivity index (χ2v) is 8.06. The highest BCUT2D eigenvalue weighted by molar-refractivity contribution is 5.93. The number of ether oxygens (including phenoxy) is 1. The maximum Gasteiger partial charge on any atom is 0.269 e. The van der Waals surface area contributed by atoms with Crippen molar-refractivity contribution in [2.24, 2.45) is 0 Å². The molecule has 1 aliphatic rings. The number of carbonyl (C=O) groups excluding carboxylic acids is 1. The van der Waals surface area contributed by atoms with Crippen LogP contribution in [0.5, 0.6) is 5.88 Å². The van der Waals surface area contributed by atoms with Gasteiger partial charge in [0.05, 0.1) is 25.1 Å². The monoisotopic (exact) mass is 455 g/mol. The van der Waals surface area contributed by atoms with E-state index in [4.69, 9.17) is 4.74 Å². The number of hydrogen-bond donors (Lipinski definition) is 2. The molecule has 0 unspecified atom stereocenters. The highest BCUT2D eigenvalue weighted by Crippen LogP contribution is 2.35. The molecule has 5 rings (SSSR count). The number of imidazole rings is 1. The van der Waals surface area contributed by atoms with Gasteiger partial charge in [-0.3, -0.25) is 9.20 Å². The first kappa shape index (κ1) is 21.1. The lowest BCUT2D eigenvalue weighted by atomic mass is 9.96. The Labute approximate surface area is 187 Å². The van der Waals surface area contributed by atoms with E-state index in [-0.39, 0.29) is 39.9 Å². The molecule has 4 aromatic heterocycles. The van der Waals surface area contributed by atoms with Crippen molar-refractivity contribution in [3.8, 4) is 17.0 Å². The van der Waals surface area contributed by atoms with Gasteiger partial charge in [0.25, 0.3) is 5.91 Å². The van der Waals surface area contributed by atoms with Crippen molar-refractivity contribution in [1.29, 1.82) is 0 Å². The van der Waals surface area contributed by atoms with Crippen LogP contribution in [-0.4, -0.2) is 50.1 Å². The molecule has 2 N–H and O–H groups in total. The van der Waals surface area contributed by atoms with Crippen molar-refractivity contribution in [1.82, 2.24) is 29.3 Å². The van der Waals surface area contributed by atoms with E-state index in [1.165, 1.54) is 54.2 Å². The number of rotatable bonds is 5. The van der Waals surface area contributed by atoms with Crippen molar-refractivity contribution < 1.29 is 18.3 Å². The molecule has 172 valence electrons. The largest absolute Gasteiger partial charge is 0.479 e. The molecule has 4 heterocycles. The molecule has 11 heteroatoms. The highest BCUT2D eigenvalue weighted by atomic mass is 19.1. The Morgan fingerprint density at radius 3 is 2.70 bits per heavy atom. The molecule has 0 spiro atoms. The molecule has 0 saturated heterocycles. The van der Waals surface area contributed by atoms with Crippen LogP contribution in [0.2, 0.25) is 0 Å². The van der Waals surface area contributed by atoms with E-state index >= 15 is 4.39 Å². The molecular weight excluding hydrogens is 432 g/mol. The Hall–Kier alpha value is -3.76. The van der Waals surface area contributed by atoms with E-state index in [0.717, 1.165) is 25.7 Å². The van der Waals surface area contributed by atoms with Crippen LogP contribution in [0.15, 0.2) is 24.7 Å². The number of anilines is 1. The summed E-state index contributed by atoms with van der Waals surface area (Å²) in [5, 5.41) is 10.2. The number of pyridine rings is 1. The van der Waals surface area contributed by atoms with Gasteiger partial charge in [-0.15, -0.1) is 5.10 Å². The van der Waals surface area contributed by atoms with Crippen LogP contribution in [0.3, 0.4) is 0 Å². The molecule has 1 aliphatic carbocycles. The molecule has 4 aromatic rings. The van der Waals surface area contributed by atoms with Gasteiger partial charge in [0.15, 0.2) is 17.3 Å². The van der Waals surface area contributed by atoms with Crippen molar-refractivity contribution >= 4 is 23.0 Å². The van der Waals surface area contributed by atoms with Crippen molar-refractivity contribution in [3.63, 3.8) is 0 Å². The van der Waals surface area contributed by atoms with Gasteiger partial charge in [-0.05, 0) is 18.9 Å². The van der Waals surface area contributed by atoms with Gasteiger partial charge in [0.1, 0.15) is 11.2 Å². The molecule has 9 nitrogen and oxygen atoms in total. The number of hydrogen-bond acceptors (Lipinski definition) is 6. The van der Waals surface area contributed by atoms with Crippen LogP contribution < -0.4 is 15.4 Å². The standard InChI is InChI=1S/C22H23F2N7O2/c1-25-20(32)16-9-26-19-14(23)8-12(10-30(16)19)17-15(24)11-31-18(17)21(33-2)28-22(29-31)27-13-6-4-3-5-7-13/h8-11,13H,3-7H2,1-2H3,(H,25,32)(H,27,29). The fourth-order valence-electron chi connectivity index (χ4n) is 4.41. The summed E-state index contributed by atoms with van der Waals surface area (Å²) < 4.78 is 38.1. The van der Waals surface area contributed by atoms with Crippen LogP contribution >= 0.6 is 0 Å². The third kappa shape index (κ3) is 3.62. The summed E-state index contributed by atoms with van der Waals surface area (Å²) in [6.07, 6.45) is 9.47. The number of carbonyl (C=O) groups is 1. The Balaban J connectivity index is 1.64. The van der Waals surface area contributed by atoms with Crippen LogP contribution in [0, 0.1) is 11.6 Å². The number of methoxy groups -OCH3 is 1. The molecule has 0 aliphatic heterocycles. The van der Waals surface area contributed by atoms with Crippen LogP contribution in [0.1, 0.15) is 42.6 Å². The third-order valence-corrected chi connectivity index (χ3v) is 5.99. The zero-order valence-corrected chi connectivity index (χ0v) is 18.2. The predicted molar refractivity (Wildman–Crippen MR) is 118 cm³/mol. The summed E-state index contributed by atoms with van der Waals surface area (Å²) >= 11 is 0. The second kappa shape index (κ2) is 8.30. The van der Waals surface area contributed by atoms with Gasteiger partial charge in [-0.1, -0.05) is 19.3 Å². The molecule has 1 saturated carbocycles. The fraction of sp³-hybridized carbons (Fsp3) is 0.364. The van der Waals surface area contributed by atoms with Crippen molar-refractivity contribution in [3.05, 3.63) is 42.0 Å². The first-order chi connectivity index (χ1) is 16.0. The zero-order chi connectivity index (χ0) is 23.1. The van der Waals surface area contributed by atoms with Gasteiger partial charge < -0.3 is 15.4 Å². The normalized spacial score (nSPS) is 14.7. The number of nitrogens with zero attached hydrogens (tertiary/aromatic N) is 5. The molecule has 0 aromatic carbocycles. The van der Waals surface area contributed by atoms with Crippen LogP contribution in [0.4, 0.5) is 14.7 Å². The first-order valence-electron chi connectivity index (χ1n) is 10.8. The lowest BCUT2D eigenvalue weighted by Crippen LogP contribution is -2.24. The molecule has 1 fully saturated rings. The Kier molecular flexibility index (Phi) is 5.31. The topological polar surface area (TPSA) is 97.9 Å². The van der Waals surface area contributed by atoms with Crippen LogP contribution in [-0.2, 0) is 0 Å². The average Bonchev–Trinajstić information content (AvgIpc) is 3.39. The van der Waals surface area contributed by atoms with Gasteiger partial charge in [0, 0.05) is 24.8 Å². The molecule has 0 radical (unpaired) electrons. The summed E-state index contributed by atoms with van der Waals surface area (Å²) in [4.78, 5) is 20.6. The van der Waals surface area contributed by atoms with Crippen LogP contribution in [0.25, 0.3) is 22.3 Å². The third-order valence-electron chi connectivity index (χ3n) is 5.99. The summed E-state index contributed by atoms with van der Waals surface area (Å²) in [6, 6.07) is 1.42. The molecule has 1 amide bonds. The summed E-state index contributed by atoms with van der Waals surface area (Å²) in [5.74, 6) is -1.28. The quantitative estimate of drug-likeness (QED) is 0.479. The highest BCUT2D eigenvalue weighted by Gasteiger charge is 2.24. The molecule has 0 bridgehead atoms. The molecular formula is C22H23F2N7O2. The van der Waals surface area contributed by atoms with E-state index in [9.17, 15) is 9.18 Å². The molecule has 0 atom stereocenters. The second-order valence-electron chi connectivity index (χ2n) is 8.06. The maximum atomic E-state index is 15.2. The maximum absolute atomic E-state index is 15.2. The summed E-state index contributed by atoms with van der Waals surface area (Å²) in [6.45, 7) is 0. The predicted octanol–water partition coefficient (Wildman–Crippen LogP) is 3.44. The average molecular weight is 455 g/mol. The van der Waals surface area contributed by atoms with E-state index < -0.39 is 17.5 Å². The number of aromatic nitrogens is 5. The first-order valence-corrected chi connectivity index (χ1v) is 10.8. The Bertz CT molecular complexity index is 1360. The van der Waals surface area contributed by atoms with E-state index in [2.05, 4.69) is 25.7 Å². The molecule has 33 heavy (non-hydrogen) atoms. The lowest BCUT2D eigenvalue weighted by molar-refractivity contribution is 0.0957. The number of fused-ring (bicyclic) bond motifs is 2. The minimum absolute atomic E-state index is 0.0385. The number of nitrogens with one attached hydrogen (secondary N) is 2. The van der Waals surface area contributed by atoms with E-state index in [1.807, 2.05) is 0 Å². The van der Waals surface area contributed by atoms with Crippen molar-refractivity contribution in [2.45, 2.75) is 38.1 Å².